The standard InChI is InChI=1S/C15H13F2NO/c1-8-4-9(2)14(10(3)5-8)15(19)11-6-13(17)18-7-12(11)16/h4-7H,1-3H3. The molecule has 4 heteroatoms. The third-order valence-corrected chi connectivity index (χ3v) is 2.97. The molecule has 0 atom stereocenters. The van der Waals surface area contributed by atoms with Gasteiger partial charge in [0.1, 0.15) is 0 Å². The van der Waals surface area contributed by atoms with Crippen molar-refractivity contribution in [3.8, 4) is 0 Å². The van der Waals surface area contributed by atoms with Crippen molar-refractivity contribution in [3.63, 3.8) is 0 Å². The van der Waals surface area contributed by atoms with Crippen molar-refractivity contribution in [2.45, 2.75) is 20.8 Å². The first-order valence-corrected chi connectivity index (χ1v) is 5.83. The average molecular weight is 261 g/mol. The van der Waals surface area contributed by atoms with Gasteiger partial charge in [0.15, 0.2) is 11.6 Å². The summed E-state index contributed by atoms with van der Waals surface area (Å²) in [6.45, 7) is 5.48. The Hall–Kier alpha value is -2.10. The minimum absolute atomic E-state index is 0.289. The molecule has 98 valence electrons. The molecule has 0 saturated heterocycles. The van der Waals surface area contributed by atoms with E-state index in [1.54, 1.807) is 13.8 Å². The predicted molar refractivity (Wildman–Crippen MR) is 68.2 cm³/mol. The molecular formula is C15H13F2NO. The van der Waals surface area contributed by atoms with E-state index >= 15 is 0 Å². The van der Waals surface area contributed by atoms with Crippen LogP contribution in [0.3, 0.4) is 0 Å². The molecule has 0 spiro atoms. The molecule has 1 aromatic carbocycles. The van der Waals surface area contributed by atoms with Crippen LogP contribution in [0.5, 0.6) is 0 Å². The molecule has 0 unspecified atom stereocenters. The lowest BCUT2D eigenvalue weighted by Gasteiger charge is -2.10. The van der Waals surface area contributed by atoms with E-state index in [4.69, 9.17) is 0 Å². The zero-order chi connectivity index (χ0) is 14.2. The van der Waals surface area contributed by atoms with E-state index in [1.165, 1.54) is 0 Å². The maximum Gasteiger partial charge on any atom is 0.213 e. The number of aryl methyl sites for hydroxylation is 3. The second-order valence-corrected chi connectivity index (χ2v) is 4.59. The zero-order valence-corrected chi connectivity index (χ0v) is 10.9. The summed E-state index contributed by atoms with van der Waals surface area (Å²) >= 11 is 0. The fourth-order valence-corrected chi connectivity index (χ4v) is 2.26. The Morgan fingerprint density at radius 1 is 1.05 bits per heavy atom. The van der Waals surface area contributed by atoms with E-state index in [1.807, 2.05) is 19.1 Å². The van der Waals surface area contributed by atoms with Crippen LogP contribution in [0.15, 0.2) is 24.4 Å². The first-order chi connectivity index (χ1) is 8.90. The zero-order valence-electron chi connectivity index (χ0n) is 10.9. The molecule has 0 radical (unpaired) electrons. The highest BCUT2D eigenvalue weighted by atomic mass is 19.1. The molecule has 0 saturated carbocycles. The van der Waals surface area contributed by atoms with Crippen LogP contribution >= 0.6 is 0 Å². The number of rotatable bonds is 2. The predicted octanol–water partition coefficient (Wildman–Crippen LogP) is 3.52. The Bertz CT molecular complexity index is 642. The number of hydrogen-bond acceptors (Lipinski definition) is 2. The first kappa shape index (κ1) is 13.3. The van der Waals surface area contributed by atoms with Gasteiger partial charge in [-0.25, -0.2) is 9.37 Å². The molecule has 0 fully saturated rings. The maximum absolute atomic E-state index is 13.6. The normalized spacial score (nSPS) is 10.6. The van der Waals surface area contributed by atoms with E-state index in [2.05, 4.69) is 4.98 Å². The summed E-state index contributed by atoms with van der Waals surface area (Å²) in [4.78, 5) is 15.5. The number of benzene rings is 1. The lowest BCUT2D eigenvalue weighted by molar-refractivity contribution is 0.103. The first-order valence-electron chi connectivity index (χ1n) is 5.83. The molecule has 0 aliphatic carbocycles. The summed E-state index contributed by atoms with van der Waals surface area (Å²) in [5.41, 5.74) is 2.64. The van der Waals surface area contributed by atoms with Gasteiger partial charge in [0.05, 0.1) is 11.8 Å². The van der Waals surface area contributed by atoms with E-state index in [-0.39, 0.29) is 5.56 Å². The van der Waals surface area contributed by atoms with Crippen molar-refractivity contribution in [1.82, 2.24) is 4.98 Å². The Kier molecular flexibility index (Phi) is 3.42. The summed E-state index contributed by atoms with van der Waals surface area (Å²) in [6.07, 6.45) is 0.724. The van der Waals surface area contributed by atoms with Crippen molar-refractivity contribution in [1.29, 1.82) is 0 Å². The largest absolute Gasteiger partial charge is 0.288 e. The van der Waals surface area contributed by atoms with Crippen LogP contribution in [0.4, 0.5) is 8.78 Å². The molecule has 2 nitrogen and oxygen atoms in total. The molecule has 0 bridgehead atoms. The van der Waals surface area contributed by atoms with Crippen LogP contribution in [0, 0.1) is 32.5 Å². The quantitative estimate of drug-likeness (QED) is 0.611. The van der Waals surface area contributed by atoms with Gasteiger partial charge >= 0.3 is 0 Å². The van der Waals surface area contributed by atoms with E-state index in [0.29, 0.717) is 5.56 Å². The molecule has 2 rings (SSSR count). The monoisotopic (exact) mass is 261 g/mol. The van der Waals surface area contributed by atoms with Gasteiger partial charge in [-0.15, -0.1) is 0 Å². The third-order valence-electron chi connectivity index (χ3n) is 2.97. The average Bonchev–Trinajstić information content (AvgIpc) is 2.30. The smallest absolute Gasteiger partial charge is 0.213 e. The van der Waals surface area contributed by atoms with Crippen molar-refractivity contribution in [2.24, 2.45) is 0 Å². The Morgan fingerprint density at radius 2 is 1.63 bits per heavy atom. The van der Waals surface area contributed by atoms with Crippen molar-refractivity contribution < 1.29 is 13.6 Å². The van der Waals surface area contributed by atoms with Crippen molar-refractivity contribution in [3.05, 3.63) is 64.0 Å². The van der Waals surface area contributed by atoms with Gasteiger partial charge in [-0.2, -0.15) is 4.39 Å². The van der Waals surface area contributed by atoms with Gasteiger partial charge in [-0.3, -0.25) is 4.79 Å². The molecular weight excluding hydrogens is 248 g/mol. The number of carbonyl (C=O) groups is 1. The number of pyridine rings is 1. The van der Waals surface area contributed by atoms with Crippen LogP contribution in [0.2, 0.25) is 0 Å². The van der Waals surface area contributed by atoms with Gasteiger partial charge in [-0.05, 0) is 31.9 Å². The molecule has 1 heterocycles. The number of hydrogen-bond donors (Lipinski definition) is 0. The van der Waals surface area contributed by atoms with Crippen LogP contribution in [0.1, 0.15) is 32.6 Å². The lowest BCUT2D eigenvalue weighted by Crippen LogP contribution is -2.10. The van der Waals surface area contributed by atoms with Gasteiger partial charge in [-0.1, -0.05) is 17.7 Å². The van der Waals surface area contributed by atoms with Gasteiger partial charge in [0.2, 0.25) is 5.95 Å². The maximum atomic E-state index is 13.6. The molecule has 2 aromatic rings. The van der Waals surface area contributed by atoms with E-state index < -0.39 is 17.5 Å². The topological polar surface area (TPSA) is 30.0 Å². The Labute approximate surface area is 110 Å². The fraction of sp³-hybridized carbons (Fsp3) is 0.200. The van der Waals surface area contributed by atoms with Crippen LogP contribution in [-0.4, -0.2) is 10.8 Å². The summed E-state index contributed by atoms with van der Waals surface area (Å²) in [5, 5.41) is 0. The summed E-state index contributed by atoms with van der Waals surface area (Å²) in [7, 11) is 0. The highest BCUT2D eigenvalue weighted by Gasteiger charge is 2.19. The van der Waals surface area contributed by atoms with Gasteiger partial charge in [0.25, 0.3) is 0 Å². The molecule has 1 aromatic heterocycles. The van der Waals surface area contributed by atoms with Gasteiger partial charge in [0, 0.05) is 11.6 Å². The summed E-state index contributed by atoms with van der Waals surface area (Å²) in [5.74, 6) is -2.20. The number of ketones is 1. The summed E-state index contributed by atoms with van der Waals surface area (Å²) < 4.78 is 26.7. The minimum Gasteiger partial charge on any atom is -0.288 e. The Balaban J connectivity index is 2.59. The SMILES string of the molecule is Cc1cc(C)c(C(=O)c2cc(F)ncc2F)c(C)c1. The molecule has 0 aliphatic heterocycles. The number of aromatic nitrogens is 1. The highest BCUT2D eigenvalue weighted by molar-refractivity contribution is 6.10. The summed E-state index contributed by atoms with van der Waals surface area (Å²) in [6, 6.07) is 4.52. The Morgan fingerprint density at radius 3 is 2.21 bits per heavy atom. The van der Waals surface area contributed by atoms with E-state index in [0.717, 1.165) is 29.0 Å². The third kappa shape index (κ3) is 2.52. The second kappa shape index (κ2) is 4.88. The lowest BCUT2D eigenvalue weighted by atomic mass is 9.93. The van der Waals surface area contributed by atoms with Crippen molar-refractivity contribution in [2.75, 3.05) is 0 Å². The number of nitrogens with zero attached hydrogens (tertiary/aromatic N) is 1. The van der Waals surface area contributed by atoms with Crippen LogP contribution < -0.4 is 0 Å². The van der Waals surface area contributed by atoms with Crippen molar-refractivity contribution >= 4 is 5.78 Å². The minimum atomic E-state index is -0.868. The highest BCUT2D eigenvalue weighted by Crippen LogP contribution is 2.21. The molecule has 0 amide bonds. The molecule has 0 N–H and O–H groups in total. The van der Waals surface area contributed by atoms with Crippen LogP contribution in [-0.2, 0) is 0 Å². The van der Waals surface area contributed by atoms with Crippen LogP contribution in [0.25, 0.3) is 0 Å². The second-order valence-electron chi connectivity index (χ2n) is 4.59. The molecule has 0 aliphatic rings. The fourth-order valence-electron chi connectivity index (χ4n) is 2.26. The molecule has 19 heavy (non-hydrogen) atoms. The van der Waals surface area contributed by atoms with E-state index in [9.17, 15) is 13.6 Å². The van der Waals surface area contributed by atoms with Gasteiger partial charge < -0.3 is 0 Å². The number of carbonyl (C=O) groups excluding carboxylic acids is 1. The number of halogens is 2.